The predicted octanol–water partition coefficient (Wildman–Crippen LogP) is 4.97. The smallest absolute Gasteiger partial charge is 0.355 e. The molecule has 168 valence electrons. The zero-order valence-corrected chi connectivity index (χ0v) is 19.3. The van der Waals surface area contributed by atoms with Gasteiger partial charge in [0.15, 0.2) is 0 Å². The molecule has 0 radical (unpaired) electrons. The van der Waals surface area contributed by atoms with E-state index >= 15 is 0 Å². The molecule has 1 amide bonds. The summed E-state index contributed by atoms with van der Waals surface area (Å²) in [5.41, 5.74) is 5.73. The number of carbonyl (C=O) groups excluding carboxylic acids is 2. The van der Waals surface area contributed by atoms with Crippen LogP contribution in [-0.2, 0) is 17.8 Å². The summed E-state index contributed by atoms with van der Waals surface area (Å²) in [7, 11) is 1.58. The summed E-state index contributed by atoms with van der Waals surface area (Å²) in [6.45, 7) is 8.70. The maximum atomic E-state index is 13.5. The summed E-state index contributed by atoms with van der Waals surface area (Å²) >= 11 is 0. The van der Waals surface area contributed by atoms with Crippen LogP contribution in [0.1, 0.15) is 55.7 Å². The first-order valence-corrected chi connectivity index (χ1v) is 10.7. The standard InChI is InChI=1S/C26H30N2O4/c1-6-32-26(30)24-18(3)23(19(4)27-24)16-28(15-20-12-10-17(2)11-13-20)25(29)21-8-7-9-22(14-21)31-5/h7-14,27H,6,15-16H2,1-5H3. The molecule has 0 spiro atoms. The van der Waals surface area contributed by atoms with E-state index in [4.69, 9.17) is 9.47 Å². The Morgan fingerprint density at radius 3 is 2.38 bits per heavy atom. The van der Waals surface area contributed by atoms with E-state index in [1.165, 1.54) is 0 Å². The lowest BCUT2D eigenvalue weighted by molar-refractivity contribution is 0.0519. The molecule has 0 aliphatic carbocycles. The molecule has 0 fully saturated rings. The fourth-order valence-corrected chi connectivity index (χ4v) is 3.68. The van der Waals surface area contributed by atoms with Gasteiger partial charge in [-0.3, -0.25) is 4.79 Å². The van der Waals surface area contributed by atoms with Crippen LogP contribution in [0.25, 0.3) is 0 Å². The number of hydrogen-bond acceptors (Lipinski definition) is 4. The Morgan fingerprint density at radius 2 is 1.72 bits per heavy atom. The number of carbonyl (C=O) groups is 2. The van der Waals surface area contributed by atoms with Gasteiger partial charge in [0.25, 0.3) is 5.91 Å². The third kappa shape index (κ3) is 5.19. The van der Waals surface area contributed by atoms with E-state index in [9.17, 15) is 9.59 Å². The second-order valence-corrected chi connectivity index (χ2v) is 7.83. The Bertz CT molecular complexity index is 1100. The second-order valence-electron chi connectivity index (χ2n) is 7.83. The van der Waals surface area contributed by atoms with Gasteiger partial charge in [-0.15, -0.1) is 0 Å². The lowest BCUT2D eigenvalue weighted by Gasteiger charge is -2.24. The van der Waals surface area contributed by atoms with Crippen molar-refractivity contribution in [2.45, 2.75) is 40.8 Å². The molecule has 3 rings (SSSR count). The molecule has 0 saturated carbocycles. The fourth-order valence-electron chi connectivity index (χ4n) is 3.68. The molecule has 0 aliphatic rings. The van der Waals surface area contributed by atoms with Gasteiger partial charge in [-0.05, 0) is 62.6 Å². The Kier molecular flexibility index (Phi) is 7.36. The number of esters is 1. The van der Waals surface area contributed by atoms with Crippen LogP contribution >= 0.6 is 0 Å². The SMILES string of the molecule is CCOC(=O)c1[nH]c(C)c(CN(Cc2ccc(C)cc2)C(=O)c2cccc(OC)c2)c1C. The first-order valence-electron chi connectivity index (χ1n) is 10.7. The highest BCUT2D eigenvalue weighted by atomic mass is 16.5. The molecular formula is C26H30N2O4. The largest absolute Gasteiger partial charge is 0.497 e. The van der Waals surface area contributed by atoms with Gasteiger partial charge in [0.2, 0.25) is 0 Å². The van der Waals surface area contributed by atoms with Crippen LogP contribution in [-0.4, -0.2) is 35.5 Å². The highest BCUT2D eigenvalue weighted by Gasteiger charge is 2.23. The van der Waals surface area contributed by atoms with E-state index in [2.05, 4.69) is 4.98 Å². The van der Waals surface area contributed by atoms with E-state index in [1.54, 1.807) is 31.1 Å². The minimum absolute atomic E-state index is 0.109. The number of aromatic amines is 1. The van der Waals surface area contributed by atoms with Crippen molar-refractivity contribution in [2.75, 3.05) is 13.7 Å². The van der Waals surface area contributed by atoms with Crippen LogP contribution in [0, 0.1) is 20.8 Å². The lowest BCUT2D eigenvalue weighted by Crippen LogP contribution is -2.30. The fraction of sp³-hybridized carbons (Fsp3) is 0.308. The zero-order chi connectivity index (χ0) is 23.3. The monoisotopic (exact) mass is 434 g/mol. The number of ether oxygens (including phenoxy) is 2. The molecular weight excluding hydrogens is 404 g/mol. The minimum Gasteiger partial charge on any atom is -0.497 e. The molecule has 0 unspecified atom stereocenters. The molecule has 6 heteroatoms. The van der Waals surface area contributed by atoms with E-state index in [0.717, 1.165) is 27.9 Å². The summed E-state index contributed by atoms with van der Waals surface area (Å²) in [5, 5.41) is 0. The number of aromatic nitrogens is 1. The number of hydrogen-bond donors (Lipinski definition) is 1. The second kappa shape index (κ2) is 10.2. The number of rotatable bonds is 8. The third-order valence-electron chi connectivity index (χ3n) is 5.52. The molecule has 6 nitrogen and oxygen atoms in total. The maximum Gasteiger partial charge on any atom is 0.355 e. The summed E-state index contributed by atoms with van der Waals surface area (Å²) in [6, 6.07) is 15.3. The van der Waals surface area contributed by atoms with Crippen molar-refractivity contribution in [1.29, 1.82) is 0 Å². The normalized spacial score (nSPS) is 10.7. The van der Waals surface area contributed by atoms with Crippen molar-refractivity contribution >= 4 is 11.9 Å². The van der Waals surface area contributed by atoms with E-state index in [0.29, 0.717) is 36.7 Å². The molecule has 1 heterocycles. The topological polar surface area (TPSA) is 71.6 Å². The van der Waals surface area contributed by atoms with Gasteiger partial charge >= 0.3 is 5.97 Å². The molecule has 0 aliphatic heterocycles. The first-order chi connectivity index (χ1) is 15.3. The van der Waals surface area contributed by atoms with Crippen molar-refractivity contribution in [3.63, 3.8) is 0 Å². The number of nitrogens with one attached hydrogen (secondary N) is 1. The molecule has 32 heavy (non-hydrogen) atoms. The highest BCUT2D eigenvalue weighted by molar-refractivity contribution is 5.95. The van der Waals surface area contributed by atoms with Gasteiger partial charge in [-0.1, -0.05) is 35.9 Å². The molecule has 0 bridgehead atoms. The van der Waals surface area contributed by atoms with Crippen LogP contribution in [0.2, 0.25) is 0 Å². The number of methoxy groups -OCH3 is 1. The van der Waals surface area contributed by atoms with Gasteiger partial charge in [0.05, 0.1) is 13.7 Å². The van der Waals surface area contributed by atoms with Gasteiger partial charge in [-0.25, -0.2) is 4.79 Å². The molecule has 1 N–H and O–H groups in total. The molecule has 0 atom stereocenters. The Hall–Kier alpha value is -3.54. The zero-order valence-electron chi connectivity index (χ0n) is 19.3. The maximum absolute atomic E-state index is 13.5. The Balaban J connectivity index is 1.96. The molecule has 3 aromatic rings. The first kappa shape index (κ1) is 23.1. The molecule has 1 aromatic heterocycles. The van der Waals surface area contributed by atoms with Gasteiger partial charge in [0, 0.05) is 24.3 Å². The Labute approximate surface area is 189 Å². The number of H-pyrrole nitrogens is 1. The quantitative estimate of drug-likeness (QED) is 0.508. The van der Waals surface area contributed by atoms with Crippen molar-refractivity contribution in [1.82, 2.24) is 9.88 Å². The minimum atomic E-state index is -0.386. The summed E-state index contributed by atoms with van der Waals surface area (Å²) in [4.78, 5) is 30.8. The van der Waals surface area contributed by atoms with E-state index in [-0.39, 0.29) is 11.9 Å². The van der Waals surface area contributed by atoms with Crippen LogP contribution < -0.4 is 4.74 Å². The number of amides is 1. The summed E-state index contributed by atoms with van der Waals surface area (Å²) < 4.78 is 10.5. The van der Waals surface area contributed by atoms with Crippen LogP contribution in [0.5, 0.6) is 5.75 Å². The van der Waals surface area contributed by atoms with E-state index in [1.807, 2.05) is 57.2 Å². The molecule has 0 saturated heterocycles. The molecule has 2 aromatic carbocycles. The average molecular weight is 435 g/mol. The van der Waals surface area contributed by atoms with Crippen molar-refractivity contribution in [3.05, 3.63) is 87.7 Å². The number of benzene rings is 2. The third-order valence-corrected chi connectivity index (χ3v) is 5.52. The summed E-state index contributed by atoms with van der Waals surface area (Å²) in [6.07, 6.45) is 0. The van der Waals surface area contributed by atoms with Gasteiger partial charge in [0.1, 0.15) is 11.4 Å². The predicted molar refractivity (Wildman–Crippen MR) is 124 cm³/mol. The Morgan fingerprint density at radius 1 is 1.00 bits per heavy atom. The highest BCUT2D eigenvalue weighted by Crippen LogP contribution is 2.24. The lowest BCUT2D eigenvalue weighted by atomic mass is 10.1. The van der Waals surface area contributed by atoms with Crippen molar-refractivity contribution in [2.24, 2.45) is 0 Å². The van der Waals surface area contributed by atoms with Crippen LogP contribution in [0.15, 0.2) is 48.5 Å². The average Bonchev–Trinajstić information content (AvgIpc) is 3.08. The van der Waals surface area contributed by atoms with Gasteiger partial charge in [-0.2, -0.15) is 0 Å². The van der Waals surface area contributed by atoms with Crippen LogP contribution in [0.4, 0.5) is 0 Å². The number of nitrogens with zero attached hydrogens (tertiary/aromatic N) is 1. The van der Waals surface area contributed by atoms with Crippen molar-refractivity contribution in [3.8, 4) is 5.75 Å². The summed E-state index contributed by atoms with van der Waals surface area (Å²) in [5.74, 6) is 0.135. The van der Waals surface area contributed by atoms with Gasteiger partial charge < -0.3 is 19.4 Å². The number of aryl methyl sites for hydroxylation is 2. The van der Waals surface area contributed by atoms with Crippen molar-refractivity contribution < 1.29 is 19.1 Å². The van der Waals surface area contributed by atoms with Crippen LogP contribution in [0.3, 0.4) is 0 Å². The van der Waals surface area contributed by atoms with E-state index < -0.39 is 0 Å².